The molecule has 0 fully saturated rings. The van der Waals surface area contributed by atoms with Crippen LogP contribution >= 0.6 is 0 Å². The van der Waals surface area contributed by atoms with Gasteiger partial charge in [0, 0.05) is 12.6 Å². The van der Waals surface area contributed by atoms with Gasteiger partial charge in [0.1, 0.15) is 11.6 Å². The number of methoxy groups -OCH3 is 1. The van der Waals surface area contributed by atoms with Gasteiger partial charge in [-0.15, -0.1) is 0 Å². The van der Waals surface area contributed by atoms with E-state index in [1.165, 1.54) is 12.1 Å². The summed E-state index contributed by atoms with van der Waals surface area (Å²) in [6, 6.07) is 4.77. The largest absolute Gasteiger partial charge is 0.497 e. The Morgan fingerprint density at radius 3 is 2.75 bits per heavy atom. The van der Waals surface area contributed by atoms with Gasteiger partial charge in [0.2, 0.25) is 0 Å². The molecule has 2 nitrogen and oxygen atoms in total. The van der Waals surface area contributed by atoms with Gasteiger partial charge in [-0.2, -0.15) is 0 Å². The monoisotopic (exact) mass is 225 g/mol. The third-order valence-corrected chi connectivity index (χ3v) is 2.69. The van der Waals surface area contributed by atoms with Crippen LogP contribution in [0.4, 0.5) is 4.39 Å². The van der Waals surface area contributed by atoms with Gasteiger partial charge in [-0.25, -0.2) is 4.39 Å². The van der Waals surface area contributed by atoms with Crippen LogP contribution in [0.2, 0.25) is 0 Å². The second kappa shape index (κ2) is 6.48. The highest BCUT2D eigenvalue weighted by Gasteiger charge is 2.02. The standard InChI is InChI=1S/C13H20FNO/c1-4-10(2)8-15-9-11-5-12(14)7-13(6-11)16-3/h5-7,10,15H,4,8-9H2,1-3H3. The first-order chi connectivity index (χ1) is 7.65. The number of ether oxygens (including phenoxy) is 1. The number of halogens is 1. The lowest BCUT2D eigenvalue weighted by atomic mass is 10.1. The lowest BCUT2D eigenvalue weighted by Gasteiger charge is -2.10. The molecular weight excluding hydrogens is 205 g/mol. The molecule has 1 aromatic rings. The van der Waals surface area contributed by atoms with Crippen molar-refractivity contribution in [2.24, 2.45) is 5.92 Å². The highest BCUT2D eigenvalue weighted by molar-refractivity contribution is 5.29. The molecule has 0 aliphatic rings. The molecule has 90 valence electrons. The van der Waals surface area contributed by atoms with Gasteiger partial charge in [0.05, 0.1) is 7.11 Å². The summed E-state index contributed by atoms with van der Waals surface area (Å²) in [6.07, 6.45) is 1.15. The smallest absolute Gasteiger partial charge is 0.127 e. The van der Waals surface area contributed by atoms with Crippen molar-refractivity contribution < 1.29 is 9.13 Å². The van der Waals surface area contributed by atoms with E-state index in [0.29, 0.717) is 18.2 Å². The SMILES string of the molecule is CCC(C)CNCc1cc(F)cc(OC)c1. The van der Waals surface area contributed by atoms with E-state index in [-0.39, 0.29) is 5.82 Å². The lowest BCUT2D eigenvalue weighted by Crippen LogP contribution is -2.20. The summed E-state index contributed by atoms with van der Waals surface area (Å²) in [7, 11) is 1.55. The molecule has 1 atom stereocenters. The van der Waals surface area contributed by atoms with E-state index in [2.05, 4.69) is 19.2 Å². The van der Waals surface area contributed by atoms with Crippen LogP contribution in [-0.4, -0.2) is 13.7 Å². The molecular formula is C13H20FNO. The number of rotatable bonds is 6. The summed E-state index contributed by atoms with van der Waals surface area (Å²) in [5.41, 5.74) is 0.917. The molecule has 0 radical (unpaired) electrons. The van der Waals surface area contributed by atoms with E-state index in [4.69, 9.17) is 4.74 Å². The van der Waals surface area contributed by atoms with Gasteiger partial charge in [-0.3, -0.25) is 0 Å². The van der Waals surface area contributed by atoms with Crippen molar-refractivity contribution in [3.05, 3.63) is 29.6 Å². The first kappa shape index (κ1) is 13.0. The highest BCUT2D eigenvalue weighted by atomic mass is 19.1. The van der Waals surface area contributed by atoms with Crippen molar-refractivity contribution in [2.75, 3.05) is 13.7 Å². The Morgan fingerprint density at radius 2 is 2.12 bits per heavy atom. The maximum atomic E-state index is 13.2. The van der Waals surface area contributed by atoms with E-state index in [1.54, 1.807) is 7.11 Å². The van der Waals surface area contributed by atoms with Crippen LogP contribution in [0.25, 0.3) is 0 Å². The molecule has 16 heavy (non-hydrogen) atoms. The lowest BCUT2D eigenvalue weighted by molar-refractivity contribution is 0.410. The summed E-state index contributed by atoms with van der Waals surface area (Å²) in [5.74, 6) is 0.968. The Morgan fingerprint density at radius 1 is 1.38 bits per heavy atom. The molecule has 1 N–H and O–H groups in total. The van der Waals surface area contributed by atoms with Gasteiger partial charge in [-0.05, 0) is 30.2 Å². The van der Waals surface area contributed by atoms with Crippen LogP contribution in [0.3, 0.4) is 0 Å². The Hall–Kier alpha value is -1.09. The average Bonchev–Trinajstić information content (AvgIpc) is 2.28. The molecule has 0 aliphatic carbocycles. The van der Waals surface area contributed by atoms with Crippen LogP contribution in [0.1, 0.15) is 25.8 Å². The van der Waals surface area contributed by atoms with Crippen LogP contribution in [0.15, 0.2) is 18.2 Å². The molecule has 0 aromatic heterocycles. The zero-order valence-corrected chi connectivity index (χ0v) is 10.2. The zero-order chi connectivity index (χ0) is 12.0. The first-order valence-electron chi connectivity index (χ1n) is 5.70. The second-order valence-electron chi connectivity index (χ2n) is 4.14. The number of benzene rings is 1. The molecule has 1 unspecified atom stereocenters. The molecule has 1 rings (SSSR count). The molecule has 0 saturated carbocycles. The molecule has 0 saturated heterocycles. The minimum atomic E-state index is -0.250. The van der Waals surface area contributed by atoms with E-state index >= 15 is 0 Å². The van der Waals surface area contributed by atoms with E-state index in [0.717, 1.165) is 18.5 Å². The Labute approximate surface area is 96.8 Å². The van der Waals surface area contributed by atoms with Crippen LogP contribution < -0.4 is 10.1 Å². The average molecular weight is 225 g/mol. The maximum Gasteiger partial charge on any atom is 0.127 e. The summed E-state index contributed by atoms with van der Waals surface area (Å²) < 4.78 is 18.2. The molecule has 0 spiro atoms. The fraction of sp³-hybridized carbons (Fsp3) is 0.538. The molecule has 0 aliphatic heterocycles. The maximum absolute atomic E-state index is 13.2. The number of hydrogen-bond donors (Lipinski definition) is 1. The summed E-state index contributed by atoms with van der Waals surface area (Å²) in [6.45, 7) is 5.99. The van der Waals surface area contributed by atoms with Crippen molar-refractivity contribution in [3.63, 3.8) is 0 Å². The Balaban J connectivity index is 2.50. The summed E-state index contributed by atoms with van der Waals surface area (Å²) >= 11 is 0. The minimum absolute atomic E-state index is 0.250. The molecule has 0 heterocycles. The first-order valence-corrected chi connectivity index (χ1v) is 5.70. The van der Waals surface area contributed by atoms with Crippen LogP contribution in [-0.2, 0) is 6.54 Å². The van der Waals surface area contributed by atoms with Gasteiger partial charge >= 0.3 is 0 Å². The normalized spacial score (nSPS) is 12.5. The number of hydrogen-bond acceptors (Lipinski definition) is 2. The summed E-state index contributed by atoms with van der Waals surface area (Å²) in [4.78, 5) is 0. The van der Waals surface area contributed by atoms with Gasteiger partial charge in [0.15, 0.2) is 0 Å². The van der Waals surface area contributed by atoms with E-state index in [9.17, 15) is 4.39 Å². The fourth-order valence-corrected chi connectivity index (χ4v) is 1.45. The van der Waals surface area contributed by atoms with Crippen molar-refractivity contribution in [2.45, 2.75) is 26.8 Å². The fourth-order valence-electron chi connectivity index (χ4n) is 1.45. The van der Waals surface area contributed by atoms with Crippen molar-refractivity contribution >= 4 is 0 Å². The van der Waals surface area contributed by atoms with Crippen molar-refractivity contribution in [1.82, 2.24) is 5.32 Å². The summed E-state index contributed by atoms with van der Waals surface area (Å²) in [5, 5.41) is 3.31. The molecule has 3 heteroatoms. The Bertz CT molecular complexity index is 328. The van der Waals surface area contributed by atoms with Crippen molar-refractivity contribution in [1.29, 1.82) is 0 Å². The molecule has 1 aromatic carbocycles. The van der Waals surface area contributed by atoms with Gasteiger partial charge < -0.3 is 10.1 Å². The van der Waals surface area contributed by atoms with Crippen LogP contribution in [0.5, 0.6) is 5.75 Å². The van der Waals surface area contributed by atoms with Crippen LogP contribution in [0, 0.1) is 11.7 Å². The van der Waals surface area contributed by atoms with E-state index < -0.39 is 0 Å². The highest BCUT2D eigenvalue weighted by Crippen LogP contribution is 2.15. The topological polar surface area (TPSA) is 21.3 Å². The molecule has 0 bridgehead atoms. The number of nitrogens with one attached hydrogen (secondary N) is 1. The predicted octanol–water partition coefficient (Wildman–Crippen LogP) is 2.97. The quantitative estimate of drug-likeness (QED) is 0.803. The predicted molar refractivity (Wildman–Crippen MR) is 64.1 cm³/mol. The van der Waals surface area contributed by atoms with Crippen molar-refractivity contribution in [3.8, 4) is 5.75 Å². The van der Waals surface area contributed by atoms with Gasteiger partial charge in [-0.1, -0.05) is 20.3 Å². The Kier molecular flexibility index (Phi) is 5.26. The van der Waals surface area contributed by atoms with E-state index in [1.807, 2.05) is 6.07 Å². The third-order valence-electron chi connectivity index (χ3n) is 2.69. The zero-order valence-electron chi connectivity index (χ0n) is 10.2. The second-order valence-corrected chi connectivity index (χ2v) is 4.14. The molecule has 0 amide bonds. The minimum Gasteiger partial charge on any atom is -0.497 e. The van der Waals surface area contributed by atoms with Gasteiger partial charge in [0.25, 0.3) is 0 Å². The third kappa shape index (κ3) is 4.19.